The van der Waals surface area contributed by atoms with E-state index in [4.69, 9.17) is 4.74 Å². The lowest BCUT2D eigenvalue weighted by molar-refractivity contribution is -0.121. The molecule has 1 aliphatic carbocycles. The number of anilines is 3. The summed E-state index contributed by atoms with van der Waals surface area (Å²) in [6.07, 6.45) is 5.17. The van der Waals surface area contributed by atoms with Crippen molar-refractivity contribution in [1.82, 2.24) is 4.98 Å². The number of morpholine rings is 1. The van der Waals surface area contributed by atoms with Crippen LogP contribution in [-0.4, -0.2) is 43.7 Å². The Morgan fingerprint density at radius 1 is 1.18 bits per heavy atom. The summed E-state index contributed by atoms with van der Waals surface area (Å²) in [5.41, 5.74) is 0.158. The number of hydrogen-bond donors (Lipinski definition) is 2. The number of rotatable bonds is 6. The Kier molecular flexibility index (Phi) is 5.72. The van der Waals surface area contributed by atoms with Crippen LogP contribution in [0.3, 0.4) is 0 Å². The van der Waals surface area contributed by atoms with E-state index in [9.17, 15) is 14.4 Å². The highest BCUT2D eigenvalue weighted by Crippen LogP contribution is 2.31. The minimum Gasteiger partial charge on any atom is -0.380 e. The van der Waals surface area contributed by atoms with E-state index in [1.54, 1.807) is 6.20 Å². The number of nitrogens with one attached hydrogen (secondary N) is 2. The SMILES string of the molecule is O=C(Nc1nccs1)C1CCC(CNc2c(N3CCOCC3)c(=O)c2=O)CC1. The van der Waals surface area contributed by atoms with Gasteiger partial charge in [0.05, 0.1) is 13.2 Å². The molecule has 28 heavy (non-hydrogen) atoms. The molecule has 2 aliphatic rings. The molecule has 1 aromatic carbocycles. The number of amides is 1. The maximum Gasteiger partial charge on any atom is 0.253 e. The predicted octanol–water partition coefficient (Wildman–Crippen LogP) is 1.43. The first-order valence-corrected chi connectivity index (χ1v) is 10.6. The summed E-state index contributed by atoms with van der Waals surface area (Å²) in [7, 11) is 0. The minimum absolute atomic E-state index is 0.00943. The molecular weight excluding hydrogens is 380 g/mol. The van der Waals surface area contributed by atoms with Crippen LogP contribution in [0.15, 0.2) is 21.2 Å². The number of ether oxygens (including phenoxy) is 1. The maximum absolute atomic E-state index is 12.3. The zero-order valence-electron chi connectivity index (χ0n) is 15.6. The molecule has 1 saturated carbocycles. The van der Waals surface area contributed by atoms with Gasteiger partial charge in [-0.2, -0.15) is 0 Å². The van der Waals surface area contributed by atoms with Crippen LogP contribution >= 0.6 is 11.3 Å². The summed E-state index contributed by atoms with van der Waals surface area (Å²) in [4.78, 5) is 42.3. The topological polar surface area (TPSA) is 101 Å². The number of carbonyl (C=O) groups excluding carboxylic acids is 1. The van der Waals surface area contributed by atoms with Crippen LogP contribution in [0.1, 0.15) is 25.7 Å². The van der Waals surface area contributed by atoms with Gasteiger partial charge >= 0.3 is 0 Å². The van der Waals surface area contributed by atoms with Crippen LogP contribution < -0.4 is 26.4 Å². The maximum atomic E-state index is 12.3. The lowest BCUT2D eigenvalue weighted by atomic mass is 9.81. The Morgan fingerprint density at radius 2 is 1.93 bits per heavy atom. The normalized spacial score (nSPS) is 22.9. The highest BCUT2D eigenvalue weighted by Gasteiger charge is 2.30. The lowest BCUT2D eigenvalue weighted by Gasteiger charge is -2.32. The molecule has 8 nitrogen and oxygen atoms in total. The van der Waals surface area contributed by atoms with Gasteiger partial charge in [0, 0.05) is 37.1 Å². The van der Waals surface area contributed by atoms with Crippen molar-refractivity contribution in [1.29, 1.82) is 0 Å². The van der Waals surface area contributed by atoms with E-state index in [0.717, 1.165) is 25.7 Å². The molecule has 1 amide bonds. The van der Waals surface area contributed by atoms with Gasteiger partial charge in [-0.1, -0.05) is 0 Å². The summed E-state index contributed by atoms with van der Waals surface area (Å²) in [5, 5.41) is 8.57. The van der Waals surface area contributed by atoms with E-state index >= 15 is 0 Å². The molecule has 1 saturated heterocycles. The summed E-state index contributed by atoms with van der Waals surface area (Å²) in [6, 6.07) is 0. The minimum atomic E-state index is -0.419. The van der Waals surface area contributed by atoms with Crippen LogP contribution in [0.5, 0.6) is 0 Å². The molecule has 2 aromatic rings. The van der Waals surface area contributed by atoms with Crippen molar-refractivity contribution in [2.45, 2.75) is 25.7 Å². The van der Waals surface area contributed by atoms with Crippen molar-refractivity contribution in [2.75, 3.05) is 48.4 Å². The molecule has 2 N–H and O–H groups in total. The van der Waals surface area contributed by atoms with Gasteiger partial charge in [-0.05, 0) is 31.6 Å². The standard InChI is InChI=1S/C19H24N4O4S/c24-16-14(15(17(16)25)23-6-8-27-9-7-23)21-11-12-1-3-13(4-2-12)18(26)22-19-20-5-10-28-19/h5,10,12-13,21H,1-4,6-9,11H2,(H,20,22,26). The van der Waals surface area contributed by atoms with Crippen molar-refractivity contribution >= 4 is 33.8 Å². The molecule has 0 atom stereocenters. The molecule has 4 rings (SSSR count). The fraction of sp³-hybridized carbons (Fsp3) is 0.579. The molecular formula is C19H24N4O4S. The second-order valence-corrected chi connectivity index (χ2v) is 8.30. The van der Waals surface area contributed by atoms with Crippen molar-refractivity contribution < 1.29 is 9.53 Å². The number of carbonyl (C=O) groups is 1. The van der Waals surface area contributed by atoms with E-state index < -0.39 is 10.9 Å². The first-order valence-electron chi connectivity index (χ1n) is 9.73. The number of hydrogen-bond acceptors (Lipinski definition) is 8. The van der Waals surface area contributed by atoms with Crippen molar-refractivity contribution in [3.63, 3.8) is 0 Å². The third-order valence-electron chi connectivity index (χ3n) is 5.66. The van der Waals surface area contributed by atoms with Gasteiger partial charge in [0.1, 0.15) is 11.4 Å². The fourth-order valence-electron chi connectivity index (χ4n) is 4.00. The molecule has 2 heterocycles. The van der Waals surface area contributed by atoms with Crippen LogP contribution in [0, 0.1) is 11.8 Å². The Balaban J connectivity index is 1.27. The van der Waals surface area contributed by atoms with Gasteiger partial charge in [0.15, 0.2) is 5.13 Å². The van der Waals surface area contributed by atoms with Gasteiger partial charge < -0.3 is 20.3 Å². The molecule has 150 valence electrons. The third-order valence-corrected chi connectivity index (χ3v) is 6.35. The van der Waals surface area contributed by atoms with E-state index in [1.807, 2.05) is 10.3 Å². The molecule has 1 aromatic heterocycles. The van der Waals surface area contributed by atoms with E-state index in [2.05, 4.69) is 15.6 Å². The molecule has 0 unspecified atom stereocenters. The molecule has 9 heteroatoms. The van der Waals surface area contributed by atoms with Crippen molar-refractivity contribution in [3.05, 3.63) is 32.0 Å². The third kappa shape index (κ3) is 3.95. The Morgan fingerprint density at radius 3 is 2.61 bits per heavy atom. The average molecular weight is 404 g/mol. The van der Waals surface area contributed by atoms with Crippen molar-refractivity contribution in [3.8, 4) is 0 Å². The number of nitrogens with zero attached hydrogens (tertiary/aromatic N) is 2. The highest BCUT2D eigenvalue weighted by atomic mass is 32.1. The number of aromatic nitrogens is 1. The fourth-order valence-corrected chi connectivity index (χ4v) is 4.53. The van der Waals surface area contributed by atoms with Crippen LogP contribution in [-0.2, 0) is 9.53 Å². The van der Waals surface area contributed by atoms with Gasteiger partial charge in [-0.15, -0.1) is 11.3 Å². The zero-order chi connectivity index (χ0) is 19.5. The summed E-state index contributed by atoms with van der Waals surface area (Å²) in [6.45, 7) is 3.08. The smallest absolute Gasteiger partial charge is 0.253 e. The summed E-state index contributed by atoms with van der Waals surface area (Å²) >= 11 is 1.42. The lowest BCUT2D eigenvalue weighted by Crippen LogP contribution is -2.47. The first kappa shape index (κ1) is 19.1. The van der Waals surface area contributed by atoms with Crippen LogP contribution in [0.25, 0.3) is 0 Å². The summed E-state index contributed by atoms with van der Waals surface area (Å²) < 4.78 is 5.32. The zero-order valence-corrected chi connectivity index (χ0v) is 16.4. The Labute approximate surface area is 166 Å². The average Bonchev–Trinajstić information content (AvgIpc) is 3.24. The molecule has 0 spiro atoms. The van der Waals surface area contributed by atoms with Gasteiger partial charge in [0.2, 0.25) is 5.91 Å². The quantitative estimate of drug-likeness (QED) is 0.703. The van der Waals surface area contributed by atoms with Crippen molar-refractivity contribution in [2.24, 2.45) is 11.8 Å². The van der Waals surface area contributed by atoms with Gasteiger partial charge in [-0.25, -0.2) is 4.98 Å². The Hall–Kier alpha value is -2.26. The van der Waals surface area contributed by atoms with Crippen LogP contribution in [0.2, 0.25) is 0 Å². The van der Waals surface area contributed by atoms with Gasteiger partial charge in [0.25, 0.3) is 10.9 Å². The summed E-state index contributed by atoms with van der Waals surface area (Å²) in [5.74, 6) is 0.444. The predicted molar refractivity (Wildman–Crippen MR) is 109 cm³/mol. The first-order chi connectivity index (χ1) is 13.6. The molecule has 0 bridgehead atoms. The number of thiazole rings is 1. The molecule has 1 aliphatic heterocycles. The molecule has 2 fully saturated rings. The molecule has 0 radical (unpaired) electrons. The van der Waals surface area contributed by atoms with Crippen LogP contribution in [0.4, 0.5) is 16.5 Å². The second-order valence-electron chi connectivity index (χ2n) is 7.41. The van der Waals surface area contributed by atoms with E-state index in [1.165, 1.54) is 11.3 Å². The van der Waals surface area contributed by atoms with E-state index in [-0.39, 0.29) is 11.8 Å². The highest BCUT2D eigenvalue weighted by molar-refractivity contribution is 7.13. The Bertz CT molecular complexity index is 876. The second kappa shape index (κ2) is 8.40. The van der Waals surface area contributed by atoms with Gasteiger partial charge in [-0.3, -0.25) is 14.4 Å². The largest absolute Gasteiger partial charge is 0.380 e. The monoisotopic (exact) mass is 404 g/mol. The van der Waals surface area contributed by atoms with E-state index in [0.29, 0.717) is 55.3 Å².